The Morgan fingerprint density at radius 3 is 2.47 bits per heavy atom. The van der Waals surface area contributed by atoms with Crippen LogP contribution < -0.4 is 14.8 Å². The van der Waals surface area contributed by atoms with E-state index in [4.69, 9.17) is 9.47 Å². The molecule has 2 amide bonds. The highest BCUT2D eigenvalue weighted by Crippen LogP contribution is 2.20. The van der Waals surface area contributed by atoms with Crippen LogP contribution in [0.2, 0.25) is 0 Å². The molecule has 6 heteroatoms. The van der Waals surface area contributed by atoms with Gasteiger partial charge in [-0.2, -0.15) is 0 Å². The highest BCUT2D eigenvalue weighted by Gasteiger charge is 2.27. The molecule has 0 radical (unpaired) electrons. The first-order valence-corrected chi connectivity index (χ1v) is 10.1. The summed E-state index contributed by atoms with van der Waals surface area (Å²) in [5, 5.41) is 2.88. The largest absolute Gasteiger partial charge is 0.497 e. The van der Waals surface area contributed by atoms with Crippen LogP contribution in [-0.2, 0) is 16.1 Å². The number of benzene rings is 2. The fourth-order valence-electron chi connectivity index (χ4n) is 3.04. The summed E-state index contributed by atoms with van der Waals surface area (Å²) in [5.74, 6) is 0.910. The predicted molar refractivity (Wildman–Crippen MR) is 118 cm³/mol. The zero-order valence-electron chi connectivity index (χ0n) is 18.7. The molecule has 0 aliphatic rings. The van der Waals surface area contributed by atoms with Gasteiger partial charge in [0, 0.05) is 12.6 Å². The van der Waals surface area contributed by atoms with E-state index in [9.17, 15) is 9.59 Å². The van der Waals surface area contributed by atoms with Crippen molar-refractivity contribution in [2.45, 2.75) is 53.2 Å². The van der Waals surface area contributed by atoms with E-state index in [1.165, 1.54) is 4.90 Å². The van der Waals surface area contributed by atoms with Gasteiger partial charge in [-0.25, -0.2) is 0 Å². The second-order valence-corrected chi connectivity index (χ2v) is 7.77. The molecular formula is C24H32N2O4. The minimum absolute atomic E-state index is 0.0140. The Kier molecular flexibility index (Phi) is 8.27. The maximum atomic E-state index is 13.1. The average molecular weight is 413 g/mol. The molecule has 0 saturated carbocycles. The van der Waals surface area contributed by atoms with Gasteiger partial charge >= 0.3 is 0 Å². The summed E-state index contributed by atoms with van der Waals surface area (Å²) < 4.78 is 11.1. The van der Waals surface area contributed by atoms with Crippen molar-refractivity contribution in [3.8, 4) is 11.5 Å². The van der Waals surface area contributed by atoms with Crippen LogP contribution in [0.4, 0.5) is 0 Å². The molecule has 1 atom stereocenters. The van der Waals surface area contributed by atoms with Crippen molar-refractivity contribution in [2.75, 3.05) is 13.7 Å². The lowest BCUT2D eigenvalue weighted by Crippen LogP contribution is -2.50. The van der Waals surface area contributed by atoms with Gasteiger partial charge in [0.1, 0.15) is 17.5 Å². The fraction of sp³-hybridized carbons (Fsp3) is 0.417. The molecule has 30 heavy (non-hydrogen) atoms. The molecule has 1 N–H and O–H groups in total. The minimum Gasteiger partial charge on any atom is -0.497 e. The van der Waals surface area contributed by atoms with Crippen molar-refractivity contribution in [3.05, 3.63) is 59.2 Å². The number of ether oxygens (including phenoxy) is 2. The van der Waals surface area contributed by atoms with Crippen LogP contribution in [-0.4, -0.2) is 42.5 Å². The summed E-state index contributed by atoms with van der Waals surface area (Å²) in [4.78, 5) is 27.2. The number of rotatable bonds is 9. The Labute approximate surface area is 179 Å². The minimum atomic E-state index is -0.645. The topological polar surface area (TPSA) is 67.9 Å². The smallest absolute Gasteiger partial charge is 0.261 e. The zero-order valence-corrected chi connectivity index (χ0v) is 18.7. The molecule has 1 unspecified atom stereocenters. The molecule has 0 aromatic heterocycles. The van der Waals surface area contributed by atoms with Crippen LogP contribution in [0, 0.1) is 13.8 Å². The maximum absolute atomic E-state index is 13.1. The van der Waals surface area contributed by atoms with Gasteiger partial charge in [-0.1, -0.05) is 24.3 Å². The Balaban J connectivity index is 2.21. The van der Waals surface area contributed by atoms with E-state index in [0.717, 1.165) is 16.7 Å². The number of nitrogens with one attached hydrogen (secondary N) is 1. The summed E-state index contributed by atoms with van der Waals surface area (Å²) in [7, 11) is 1.60. The zero-order chi connectivity index (χ0) is 22.3. The van der Waals surface area contributed by atoms with Crippen molar-refractivity contribution in [1.82, 2.24) is 10.2 Å². The van der Waals surface area contributed by atoms with E-state index in [1.54, 1.807) is 14.0 Å². The van der Waals surface area contributed by atoms with Crippen molar-refractivity contribution in [1.29, 1.82) is 0 Å². The third-order valence-corrected chi connectivity index (χ3v) is 4.78. The highest BCUT2D eigenvalue weighted by atomic mass is 16.5. The van der Waals surface area contributed by atoms with E-state index >= 15 is 0 Å². The Hall–Kier alpha value is -3.02. The number of carbonyl (C=O) groups is 2. The van der Waals surface area contributed by atoms with Crippen LogP contribution in [0.15, 0.2) is 42.5 Å². The first-order chi connectivity index (χ1) is 14.2. The SMILES string of the molecule is COc1cccc(CN(C(=O)COc2cc(C)ccc2C)C(C)C(=O)NC(C)C)c1. The molecule has 162 valence electrons. The third kappa shape index (κ3) is 6.51. The number of carbonyl (C=O) groups excluding carboxylic acids is 2. The second kappa shape index (κ2) is 10.7. The van der Waals surface area contributed by atoms with Gasteiger partial charge in [-0.05, 0) is 69.5 Å². The third-order valence-electron chi connectivity index (χ3n) is 4.78. The molecule has 2 rings (SSSR count). The van der Waals surface area contributed by atoms with E-state index < -0.39 is 6.04 Å². The number of amides is 2. The van der Waals surface area contributed by atoms with Gasteiger partial charge in [-0.15, -0.1) is 0 Å². The van der Waals surface area contributed by atoms with Crippen molar-refractivity contribution >= 4 is 11.8 Å². The van der Waals surface area contributed by atoms with Gasteiger partial charge in [0.05, 0.1) is 7.11 Å². The Morgan fingerprint density at radius 1 is 1.07 bits per heavy atom. The van der Waals surface area contributed by atoms with E-state index in [-0.39, 0.29) is 31.0 Å². The quantitative estimate of drug-likeness (QED) is 0.683. The predicted octanol–water partition coefficient (Wildman–Crippen LogP) is 3.63. The lowest BCUT2D eigenvalue weighted by atomic mass is 10.1. The number of methoxy groups -OCH3 is 1. The molecule has 0 aliphatic heterocycles. The second-order valence-electron chi connectivity index (χ2n) is 7.77. The summed E-state index contributed by atoms with van der Waals surface area (Å²) in [5.41, 5.74) is 2.89. The number of hydrogen-bond acceptors (Lipinski definition) is 4. The van der Waals surface area contributed by atoms with E-state index in [2.05, 4.69) is 5.32 Å². The lowest BCUT2D eigenvalue weighted by molar-refractivity contribution is -0.142. The molecule has 2 aromatic rings. The molecule has 0 bridgehead atoms. The van der Waals surface area contributed by atoms with Crippen LogP contribution in [0.1, 0.15) is 37.5 Å². The summed E-state index contributed by atoms with van der Waals surface area (Å²) in [6.07, 6.45) is 0. The molecule has 0 spiro atoms. The lowest BCUT2D eigenvalue weighted by Gasteiger charge is -2.29. The molecule has 0 fully saturated rings. The van der Waals surface area contributed by atoms with Gasteiger partial charge in [0.25, 0.3) is 5.91 Å². The normalized spacial score (nSPS) is 11.7. The van der Waals surface area contributed by atoms with Crippen molar-refractivity contribution in [2.24, 2.45) is 0 Å². The van der Waals surface area contributed by atoms with E-state index in [1.807, 2.05) is 70.2 Å². The standard InChI is InChI=1S/C24H32N2O4/c1-16(2)25-24(28)19(5)26(14-20-8-7-9-21(13-20)29-6)23(27)15-30-22-12-17(3)10-11-18(22)4/h7-13,16,19H,14-15H2,1-6H3,(H,25,28). The summed E-state index contributed by atoms with van der Waals surface area (Å²) >= 11 is 0. The molecule has 2 aromatic carbocycles. The first kappa shape index (κ1) is 23.3. The Bertz CT molecular complexity index is 879. The molecule has 6 nitrogen and oxygen atoms in total. The Morgan fingerprint density at radius 2 is 1.80 bits per heavy atom. The molecule has 0 saturated heterocycles. The number of aryl methyl sites for hydroxylation is 2. The van der Waals surface area contributed by atoms with Gasteiger partial charge < -0.3 is 19.7 Å². The highest BCUT2D eigenvalue weighted by molar-refractivity contribution is 5.88. The summed E-state index contributed by atoms with van der Waals surface area (Å²) in [6.45, 7) is 9.55. The summed E-state index contributed by atoms with van der Waals surface area (Å²) in [6, 6.07) is 12.7. The van der Waals surface area contributed by atoms with Crippen LogP contribution >= 0.6 is 0 Å². The van der Waals surface area contributed by atoms with E-state index in [0.29, 0.717) is 11.5 Å². The number of nitrogens with zero attached hydrogens (tertiary/aromatic N) is 1. The molecule has 0 aliphatic carbocycles. The van der Waals surface area contributed by atoms with Crippen molar-refractivity contribution in [3.63, 3.8) is 0 Å². The van der Waals surface area contributed by atoms with Crippen LogP contribution in [0.25, 0.3) is 0 Å². The van der Waals surface area contributed by atoms with Gasteiger partial charge in [0.15, 0.2) is 6.61 Å². The monoisotopic (exact) mass is 412 g/mol. The molecule has 0 heterocycles. The first-order valence-electron chi connectivity index (χ1n) is 10.1. The maximum Gasteiger partial charge on any atom is 0.261 e. The average Bonchev–Trinajstić information content (AvgIpc) is 2.71. The van der Waals surface area contributed by atoms with Crippen LogP contribution in [0.5, 0.6) is 11.5 Å². The van der Waals surface area contributed by atoms with Gasteiger partial charge in [0.2, 0.25) is 5.91 Å². The van der Waals surface area contributed by atoms with Crippen molar-refractivity contribution < 1.29 is 19.1 Å². The van der Waals surface area contributed by atoms with Crippen LogP contribution in [0.3, 0.4) is 0 Å². The van der Waals surface area contributed by atoms with Gasteiger partial charge in [-0.3, -0.25) is 9.59 Å². The molecular weight excluding hydrogens is 380 g/mol. The fourth-order valence-corrected chi connectivity index (χ4v) is 3.04. The number of hydrogen-bond donors (Lipinski definition) is 1.